The van der Waals surface area contributed by atoms with E-state index < -0.39 is 0 Å². The van der Waals surface area contributed by atoms with Crippen LogP contribution in [0, 0.1) is 11.7 Å². The third-order valence-corrected chi connectivity index (χ3v) is 5.79. The molecule has 2 N–H and O–H groups in total. The van der Waals surface area contributed by atoms with Gasteiger partial charge < -0.3 is 10.5 Å². The van der Waals surface area contributed by atoms with Gasteiger partial charge in [-0.2, -0.15) is 0 Å². The highest BCUT2D eigenvalue weighted by Crippen LogP contribution is 2.39. The third-order valence-electron chi connectivity index (χ3n) is 5.55. The summed E-state index contributed by atoms with van der Waals surface area (Å²) in [6.45, 7) is 0.814. The first-order chi connectivity index (χ1) is 11.1. The average Bonchev–Trinajstić information content (AvgIpc) is 2.54. The highest BCUT2D eigenvalue weighted by Gasteiger charge is 2.26. The zero-order chi connectivity index (χ0) is 16.2. The second-order valence-electron chi connectivity index (χ2n) is 7.24. The quantitative estimate of drug-likeness (QED) is 0.834. The zero-order valence-electron chi connectivity index (χ0n) is 13.6. The van der Waals surface area contributed by atoms with Crippen LogP contribution >= 0.6 is 11.6 Å². The second-order valence-corrected chi connectivity index (χ2v) is 7.67. The van der Waals surface area contributed by atoms with Gasteiger partial charge in [0.25, 0.3) is 0 Å². The van der Waals surface area contributed by atoms with Crippen molar-refractivity contribution >= 4 is 11.6 Å². The number of nitrogens with two attached hydrogens (primary N) is 1. The van der Waals surface area contributed by atoms with Crippen LogP contribution in [0.1, 0.15) is 62.8 Å². The van der Waals surface area contributed by atoms with Crippen molar-refractivity contribution < 1.29 is 9.13 Å². The third kappa shape index (κ3) is 4.68. The highest BCUT2D eigenvalue weighted by molar-refractivity contribution is 6.30. The molecule has 0 bridgehead atoms. The molecule has 1 aliphatic heterocycles. The molecule has 1 aromatic rings. The van der Waals surface area contributed by atoms with E-state index in [9.17, 15) is 4.39 Å². The maximum Gasteiger partial charge on any atom is 0.128 e. The maximum atomic E-state index is 14.0. The van der Waals surface area contributed by atoms with Gasteiger partial charge in [-0.05, 0) is 80.9 Å². The Bertz CT molecular complexity index is 516. The number of halogens is 2. The normalized spacial score (nSPS) is 32.0. The molecule has 2 nitrogen and oxygen atoms in total. The van der Waals surface area contributed by atoms with Crippen LogP contribution in [0.4, 0.5) is 4.39 Å². The number of hydrogen-bond donors (Lipinski definition) is 1. The Morgan fingerprint density at radius 1 is 1.13 bits per heavy atom. The van der Waals surface area contributed by atoms with E-state index >= 15 is 0 Å². The summed E-state index contributed by atoms with van der Waals surface area (Å²) in [7, 11) is 0. The lowest BCUT2D eigenvalue weighted by atomic mass is 9.76. The summed E-state index contributed by atoms with van der Waals surface area (Å²) in [5.41, 5.74) is 6.86. The second kappa shape index (κ2) is 7.96. The predicted octanol–water partition coefficient (Wildman–Crippen LogP) is 5.04. The first-order valence-electron chi connectivity index (χ1n) is 8.94. The number of hydrogen-bond acceptors (Lipinski definition) is 2. The van der Waals surface area contributed by atoms with Gasteiger partial charge in [0.05, 0.1) is 6.10 Å². The molecule has 0 spiro atoms. The molecule has 1 saturated heterocycles. The van der Waals surface area contributed by atoms with E-state index in [2.05, 4.69) is 0 Å². The van der Waals surface area contributed by atoms with E-state index in [4.69, 9.17) is 22.1 Å². The minimum Gasteiger partial charge on any atom is -0.378 e. The fourth-order valence-corrected chi connectivity index (χ4v) is 4.29. The summed E-state index contributed by atoms with van der Waals surface area (Å²) >= 11 is 5.84. The minimum atomic E-state index is -0.148. The van der Waals surface area contributed by atoms with Crippen molar-refractivity contribution in [3.8, 4) is 0 Å². The van der Waals surface area contributed by atoms with Gasteiger partial charge in [-0.25, -0.2) is 4.39 Å². The number of ether oxygens (including phenoxy) is 1. The van der Waals surface area contributed by atoms with E-state index in [1.54, 1.807) is 6.07 Å². The Labute approximate surface area is 143 Å². The number of rotatable bonds is 4. The van der Waals surface area contributed by atoms with E-state index in [-0.39, 0.29) is 5.82 Å². The summed E-state index contributed by atoms with van der Waals surface area (Å²) in [4.78, 5) is 0. The molecule has 128 valence electrons. The Kier molecular flexibility index (Phi) is 5.95. The van der Waals surface area contributed by atoms with E-state index in [1.807, 2.05) is 6.07 Å². The Morgan fingerprint density at radius 2 is 1.91 bits per heavy atom. The molecule has 0 amide bonds. The van der Waals surface area contributed by atoms with E-state index in [1.165, 1.54) is 25.3 Å². The fraction of sp³-hybridized carbons (Fsp3) is 0.684. The zero-order valence-corrected chi connectivity index (χ0v) is 14.4. The monoisotopic (exact) mass is 339 g/mol. The van der Waals surface area contributed by atoms with Crippen molar-refractivity contribution in [3.63, 3.8) is 0 Å². The molecular formula is C19H27ClFNO. The van der Waals surface area contributed by atoms with Crippen LogP contribution in [-0.2, 0) is 4.74 Å². The molecule has 1 aromatic carbocycles. The topological polar surface area (TPSA) is 35.2 Å². The van der Waals surface area contributed by atoms with Crippen LogP contribution in [0.5, 0.6) is 0 Å². The molecule has 23 heavy (non-hydrogen) atoms. The molecule has 1 heterocycles. The van der Waals surface area contributed by atoms with Gasteiger partial charge in [0, 0.05) is 17.7 Å². The Balaban J connectivity index is 1.45. The van der Waals surface area contributed by atoms with Crippen molar-refractivity contribution in [2.24, 2.45) is 11.7 Å². The van der Waals surface area contributed by atoms with Gasteiger partial charge in [-0.15, -0.1) is 0 Å². The number of benzene rings is 1. The lowest BCUT2D eigenvalue weighted by Crippen LogP contribution is -2.35. The van der Waals surface area contributed by atoms with Gasteiger partial charge in [-0.1, -0.05) is 17.7 Å². The SMILES string of the molecule is NC1CCOC(CCC2CCC(c3ccc(Cl)cc3F)CC2)C1. The maximum absolute atomic E-state index is 14.0. The molecular weight excluding hydrogens is 313 g/mol. The van der Waals surface area contributed by atoms with Crippen LogP contribution in [0.25, 0.3) is 0 Å². The van der Waals surface area contributed by atoms with Gasteiger partial charge in [0.2, 0.25) is 0 Å². The molecule has 0 aromatic heterocycles. The molecule has 2 atom stereocenters. The first-order valence-corrected chi connectivity index (χ1v) is 9.31. The molecule has 0 radical (unpaired) electrons. The predicted molar refractivity (Wildman–Crippen MR) is 92.3 cm³/mol. The minimum absolute atomic E-state index is 0.148. The Morgan fingerprint density at radius 3 is 2.61 bits per heavy atom. The lowest BCUT2D eigenvalue weighted by Gasteiger charge is -2.32. The van der Waals surface area contributed by atoms with Crippen molar-refractivity contribution in [2.45, 2.75) is 69.4 Å². The molecule has 3 rings (SSSR count). The molecule has 2 unspecified atom stereocenters. The van der Waals surface area contributed by atoms with Gasteiger partial charge in [-0.3, -0.25) is 0 Å². The van der Waals surface area contributed by atoms with Gasteiger partial charge in [0.15, 0.2) is 0 Å². The summed E-state index contributed by atoms with van der Waals surface area (Å²) < 4.78 is 19.9. The molecule has 1 saturated carbocycles. The van der Waals surface area contributed by atoms with Crippen LogP contribution in [0.3, 0.4) is 0 Å². The summed E-state index contributed by atoms with van der Waals surface area (Å²) in [6.07, 6.45) is 9.22. The standard InChI is InChI=1S/C19H27ClFNO/c20-15-6-8-18(19(21)11-15)14-4-1-13(2-5-14)3-7-17-12-16(22)9-10-23-17/h6,8,11,13-14,16-17H,1-5,7,9-10,12,22H2. The van der Waals surface area contributed by atoms with Crippen LogP contribution < -0.4 is 5.73 Å². The van der Waals surface area contributed by atoms with Gasteiger partial charge >= 0.3 is 0 Å². The smallest absolute Gasteiger partial charge is 0.128 e. The van der Waals surface area contributed by atoms with E-state index in [0.717, 1.165) is 50.2 Å². The van der Waals surface area contributed by atoms with Crippen molar-refractivity contribution in [1.29, 1.82) is 0 Å². The van der Waals surface area contributed by atoms with E-state index in [0.29, 0.717) is 23.1 Å². The molecule has 2 aliphatic rings. The lowest BCUT2D eigenvalue weighted by molar-refractivity contribution is -0.00108. The van der Waals surface area contributed by atoms with Crippen LogP contribution in [0.2, 0.25) is 5.02 Å². The van der Waals surface area contributed by atoms with Crippen LogP contribution in [0.15, 0.2) is 18.2 Å². The summed E-state index contributed by atoms with van der Waals surface area (Å²) in [6, 6.07) is 5.42. The largest absolute Gasteiger partial charge is 0.378 e. The molecule has 4 heteroatoms. The van der Waals surface area contributed by atoms with Crippen molar-refractivity contribution in [3.05, 3.63) is 34.6 Å². The summed E-state index contributed by atoms with van der Waals surface area (Å²) in [5, 5.41) is 0.477. The molecule has 2 fully saturated rings. The highest BCUT2D eigenvalue weighted by atomic mass is 35.5. The van der Waals surface area contributed by atoms with Crippen molar-refractivity contribution in [1.82, 2.24) is 0 Å². The Hall–Kier alpha value is -0.640. The van der Waals surface area contributed by atoms with Gasteiger partial charge in [0.1, 0.15) is 5.82 Å². The summed E-state index contributed by atoms with van der Waals surface area (Å²) in [5.74, 6) is 0.955. The first kappa shape index (κ1) is 17.2. The van der Waals surface area contributed by atoms with Crippen molar-refractivity contribution in [2.75, 3.05) is 6.61 Å². The fourth-order valence-electron chi connectivity index (χ4n) is 4.13. The average molecular weight is 340 g/mol. The van der Waals surface area contributed by atoms with Crippen LogP contribution in [-0.4, -0.2) is 18.8 Å². The molecule has 1 aliphatic carbocycles.